The number of benzene rings is 1. The van der Waals surface area contributed by atoms with Crippen molar-refractivity contribution in [2.24, 2.45) is 4.36 Å². The van der Waals surface area contributed by atoms with Crippen LogP contribution in [0.25, 0.3) is 0 Å². The SMILES string of the molecule is CN=S(C)(=O)c1cc(C2CC2)ccc1N. The van der Waals surface area contributed by atoms with Crippen molar-refractivity contribution in [3.8, 4) is 0 Å². The molecule has 0 heterocycles. The van der Waals surface area contributed by atoms with E-state index in [2.05, 4.69) is 4.36 Å². The zero-order valence-corrected chi connectivity index (χ0v) is 9.88. The second-order valence-electron chi connectivity index (χ2n) is 4.06. The second kappa shape index (κ2) is 3.52. The molecule has 0 aliphatic heterocycles. The van der Waals surface area contributed by atoms with Gasteiger partial charge in [0.2, 0.25) is 0 Å². The molecule has 15 heavy (non-hydrogen) atoms. The fraction of sp³-hybridized carbons (Fsp3) is 0.455. The second-order valence-corrected chi connectivity index (χ2v) is 6.47. The van der Waals surface area contributed by atoms with Gasteiger partial charge in [0.25, 0.3) is 0 Å². The lowest BCUT2D eigenvalue weighted by Crippen LogP contribution is -2.03. The number of nitrogens with zero attached hydrogens (tertiary/aromatic N) is 1. The van der Waals surface area contributed by atoms with Gasteiger partial charge in [-0.25, -0.2) is 8.57 Å². The monoisotopic (exact) mass is 224 g/mol. The molecule has 1 fully saturated rings. The van der Waals surface area contributed by atoms with Crippen molar-refractivity contribution in [1.29, 1.82) is 0 Å². The summed E-state index contributed by atoms with van der Waals surface area (Å²) in [5, 5.41) is 0. The molecule has 1 aromatic carbocycles. The predicted molar refractivity (Wildman–Crippen MR) is 63.5 cm³/mol. The first-order chi connectivity index (χ1) is 7.04. The highest BCUT2D eigenvalue weighted by Crippen LogP contribution is 2.41. The molecule has 1 unspecified atom stereocenters. The van der Waals surface area contributed by atoms with Gasteiger partial charge in [-0.1, -0.05) is 6.07 Å². The molecule has 0 bridgehead atoms. The molecule has 0 aromatic heterocycles. The molecule has 2 rings (SSSR count). The van der Waals surface area contributed by atoms with E-state index in [-0.39, 0.29) is 0 Å². The number of nitrogens with two attached hydrogens (primary N) is 1. The topological polar surface area (TPSA) is 55.5 Å². The van der Waals surface area contributed by atoms with Gasteiger partial charge in [-0.15, -0.1) is 0 Å². The summed E-state index contributed by atoms with van der Waals surface area (Å²) in [4.78, 5) is 0.689. The van der Waals surface area contributed by atoms with Gasteiger partial charge in [-0.3, -0.25) is 0 Å². The maximum atomic E-state index is 12.1. The molecule has 1 aliphatic carbocycles. The molecular formula is C11H16N2OS. The van der Waals surface area contributed by atoms with Gasteiger partial charge in [0.05, 0.1) is 14.6 Å². The summed E-state index contributed by atoms with van der Waals surface area (Å²) in [7, 11) is -0.732. The molecule has 1 atom stereocenters. The average molecular weight is 224 g/mol. The van der Waals surface area contributed by atoms with Gasteiger partial charge in [0.15, 0.2) is 0 Å². The Bertz CT molecular complexity index is 497. The summed E-state index contributed by atoms with van der Waals surface area (Å²) in [6.45, 7) is 0. The van der Waals surface area contributed by atoms with Crippen LogP contribution in [0.5, 0.6) is 0 Å². The van der Waals surface area contributed by atoms with Gasteiger partial charge in [0, 0.05) is 19.0 Å². The highest BCUT2D eigenvalue weighted by atomic mass is 32.2. The fourth-order valence-corrected chi connectivity index (χ4v) is 2.70. The Labute approximate surface area is 90.9 Å². The minimum absolute atomic E-state index is 0.581. The quantitative estimate of drug-likeness (QED) is 0.783. The number of hydrogen-bond donors (Lipinski definition) is 1. The Morgan fingerprint density at radius 1 is 1.47 bits per heavy atom. The normalized spacial score (nSPS) is 19.6. The molecular weight excluding hydrogens is 208 g/mol. The van der Waals surface area contributed by atoms with Crippen LogP contribution in [0.4, 0.5) is 5.69 Å². The van der Waals surface area contributed by atoms with Crippen LogP contribution in [-0.2, 0) is 9.73 Å². The van der Waals surface area contributed by atoms with Gasteiger partial charge >= 0.3 is 0 Å². The van der Waals surface area contributed by atoms with Crippen molar-refractivity contribution in [3.05, 3.63) is 23.8 Å². The van der Waals surface area contributed by atoms with E-state index in [1.165, 1.54) is 18.4 Å². The molecule has 1 saturated carbocycles. The van der Waals surface area contributed by atoms with E-state index in [9.17, 15) is 4.21 Å². The minimum Gasteiger partial charge on any atom is -0.398 e. The van der Waals surface area contributed by atoms with E-state index in [0.29, 0.717) is 16.5 Å². The molecule has 0 radical (unpaired) electrons. The van der Waals surface area contributed by atoms with Gasteiger partial charge < -0.3 is 5.73 Å². The Kier molecular flexibility index (Phi) is 2.46. The summed E-state index contributed by atoms with van der Waals surface area (Å²) in [6, 6.07) is 5.83. The highest BCUT2D eigenvalue weighted by molar-refractivity contribution is 7.93. The van der Waals surface area contributed by atoms with E-state index >= 15 is 0 Å². The van der Waals surface area contributed by atoms with E-state index < -0.39 is 9.73 Å². The Hall–Kier alpha value is -1.03. The molecule has 1 aromatic rings. The highest BCUT2D eigenvalue weighted by Gasteiger charge is 2.24. The third-order valence-corrected chi connectivity index (χ3v) is 4.71. The summed E-state index contributed by atoms with van der Waals surface area (Å²) in [5.74, 6) is 0.649. The first-order valence-electron chi connectivity index (χ1n) is 5.04. The standard InChI is InChI=1S/C11H16N2OS/c1-13-15(2,14)11-7-9(8-3-4-8)5-6-10(11)12/h5-8H,3-4,12H2,1-2H3. The van der Waals surface area contributed by atoms with Crippen LogP contribution in [0.3, 0.4) is 0 Å². The Morgan fingerprint density at radius 2 is 2.13 bits per heavy atom. The van der Waals surface area contributed by atoms with E-state index in [0.717, 1.165) is 0 Å². The number of rotatable bonds is 2. The van der Waals surface area contributed by atoms with Crippen LogP contribution in [0.15, 0.2) is 27.5 Å². The number of anilines is 1. The molecule has 82 valence electrons. The van der Waals surface area contributed by atoms with Crippen LogP contribution in [0.1, 0.15) is 24.3 Å². The molecule has 3 nitrogen and oxygen atoms in total. The lowest BCUT2D eigenvalue weighted by atomic mass is 10.1. The van der Waals surface area contributed by atoms with Crippen LogP contribution in [-0.4, -0.2) is 17.5 Å². The van der Waals surface area contributed by atoms with Crippen LogP contribution in [0.2, 0.25) is 0 Å². The summed E-state index contributed by atoms with van der Waals surface area (Å²) >= 11 is 0. The third-order valence-electron chi connectivity index (χ3n) is 2.84. The van der Waals surface area contributed by atoms with Crippen LogP contribution >= 0.6 is 0 Å². The van der Waals surface area contributed by atoms with E-state index in [1.807, 2.05) is 18.2 Å². The zero-order chi connectivity index (χ0) is 11.1. The van der Waals surface area contributed by atoms with Crippen molar-refractivity contribution in [2.45, 2.75) is 23.7 Å². The van der Waals surface area contributed by atoms with Crippen molar-refractivity contribution < 1.29 is 4.21 Å². The molecule has 0 spiro atoms. The van der Waals surface area contributed by atoms with E-state index in [1.54, 1.807) is 13.3 Å². The summed E-state index contributed by atoms with van der Waals surface area (Å²) in [5.41, 5.74) is 7.66. The minimum atomic E-state index is -2.31. The van der Waals surface area contributed by atoms with Gasteiger partial charge in [-0.05, 0) is 36.5 Å². The fourth-order valence-electron chi connectivity index (χ4n) is 1.65. The van der Waals surface area contributed by atoms with E-state index in [4.69, 9.17) is 5.73 Å². The van der Waals surface area contributed by atoms with Crippen molar-refractivity contribution >= 4 is 15.4 Å². The Balaban J connectivity index is 2.54. The maximum absolute atomic E-state index is 12.1. The summed E-state index contributed by atoms with van der Waals surface area (Å²) in [6.07, 6.45) is 4.10. The van der Waals surface area contributed by atoms with Gasteiger partial charge in [0.1, 0.15) is 0 Å². The first-order valence-corrected chi connectivity index (χ1v) is 6.96. The smallest absolute Gasteiger partial charge is 0.0740 e. The molecule has 2 N–H and O–H groups in total. The lowest BCUT2D eigenvalue weighted by Gasteiger charge is -2.09. The van der Waals surface area contributed by atoms with Gasteiger partial charge in [-0.2, -0.15) is 0 Å². The third kappa shape index (κ3) is 2.00. The van der Waals surface area contributed by atoms with Crippen molar-refractivity contribution in [2.75, 3.05) is 19.0 Å². The lowest BCUT2D eigenvalue weighted by molar-refractivity contribution is 0.680. The average Bonchev–Trinajstić information content (AvgIpc) is 3.02. The largest absolute Gasteiger partial charge is 0.398 e. The van der Waals surface area contributed by atoms with Crippen LogP contribution in [0, 0.1) is 0 Å². The number of hydrogen-bond acceptors (Lipinski definition) is 3. The zero-order valence-electron chi connectivity index (χ0n) is 9.06. The Morgan fingerprint density at radius 3 is 2.67 bits per heavy atom. The maximum Gasteiger partial charge on any atom is 0.0740 e. The molecule has 1 aliphatic rings. The van der Waals surface area contributed by atoms with Crippen molar-refractivity contribution in [1.82, 2.24) is 0 Å². The molecule has 0 saturated heterocycles. The predicted octanol–water partition coefficient (Wildman–Crippen LogP) is 2.23. The molecule has 0 amide bonds. The number of nitrogen functional groups attached to an aromatic ring is 1. The van der Waals surface area contributed by atoms with Crippen molar-refractivity contribution in [3.63, 3.8) is 0 Å². The first kappa shape index (κ1) is 10.5. The van der Waals surface area contributed by atoms with Crippen LogP contribution < -0.4 is 5.73 Å². The molecule has 4 heteroatoms. The summed E-state index contributed by atoms with van der Waals surface area (Å²) < 4.78 is 16.0.